The van der Waals surface area contributed by atoms with Crippen LogP contribution in [0, 0.1) is 5.82 Å². The maximum Gasteiger partial charge on any atom is 0.352 e. The van der Waals surface area contributed by atoms with Gasteiger partial charge in [0.1, 0.15) is 11.5 Å². The van der Waals surface area contributed by atoms with E-state index in [-0.39, 0.29) is 16.6 Å². The van der Waals surface area contributed by atoms with Gasteiger partial charge in [-0.1, -0.05) is 0 Å². The van der Waals surface area contributed by atoms with E-state index in [0.29, 0.717) is 4.47 Å². The molecule has 1 heterocycles. The summed E-state index contributed by atoms with van der Waals surface area (Å²) in [6.45, 7) is 0. The van der Waals surface area contributed by atoms with Gasteiger partial charge in [0, 0.05) is 10.5 Å². The molecule has 0 bridgehead atoms. The summed E-state index contributed by atoms with van der Waals surface area (Å²) in [5.74, 6) is -1.95. The minimum Gasteiger partial charge on any atom is -0.477 e. The molecular formula is C10H5BrFNO3. The number of hydrogen-bond donors (Lipinski definition) is 2. The van der Waals surface area contributed by atoms with Crippen molar-refractivity contribution in [2.24, 2.45) is 0 Å². The lowest BCUT2D eigenvalue weighted by Crippen LogP contribution is -2.11. The number of halogens is 2. The molecule has 0 unspecified atom stereocenters. The predicted octanol–water partition coefficient (Wildman–Crippen LogP) is 2.13. The van der Waals surface area contributed by atoms with Crippen LogP contribution in [0.5, 0.6) is 0 Å². The Morgan fingerprint density at radius 1 is 1.44 bits per heavy atom. The van der Waals surface area contributed by atoms with Crippen LogP contribution in [0.4, 0.5) is 4.39 Å². The minimum absolute atomic E-state index is 0.143. The van der Waals surface area contributed by atoms with Crippen molar-refractivity contribution in [3.8, 4) is 0 Å². The van der Waals surface area contributed by atoms with E-state index in [1.807, 2.05) is 0 Å². The van der Waals surface area contributed by atoms with Crippen molar-refractivity contribution >= 4 is 32.8 Å². The van der Waals surface area contributed by atoms with Gasteiger partial charge < -0.3 is 10.1 Å². The number of carbonyl (C=O) groups is 1. The lowest BCUT2D eigenvalue weighted by Gasteiger charge is -2.03. The maximum atomic E-state index is 13.4. The Bertz CT molecular complexity index is 650. The number of benzene rings is 1. The highest BCUT2D eigenvalue weighted by Gasteiger charge is 2.12. The summed E-state index contributed by atoms with van der Waals surface area (Å²) < 4.78 is 13.8. The van der Waals surface area contributed by atoms with Gasteiger partial charge in [-0.15, -0.1) is 0 Å². The highest BCUT2D eigenvalue weighted by Crippen LogP contribution is 2.22. The molecule has 16 heavy (non-hydrogen) atoms. The summed E-state index contributed by atoms with van der Waals surface area (Å²) in [5, 5.41) is 8.60. The first-order valence-electron chi connectivity index (χ1n) is 4.25. The number of pyridine rings is 1. The monoisotopic (exact) mass is 285 g/mol. The second-order valence-electron chi connectivity index (χ2n) is 3.13. The van der Waals surface area contributed by atoms with Gasteiger partial charge in [-0.25, -0.2) is 9.18 Å². The largest absolute Gasteiger partial charge is 0.477 e. The predicted molar refractivity (Wildman–Crippen MR) is 59.2 cm³/mol. The average molecular weight is 286 g/mol. The van der Waals surface area contributed by atoms with E-state index < -0.39 is 17.2 Å². The Morgan fingerprint density at radius 3 is 2.75 bits per heavy atom. The van der Waals surface area contributed by atoms with Crippen LogP contribution < -0.4 is 5.43 Å². The lowest BCUT2D eigenvalue weighted by atomic mass is 10.2. The summed E-state index contributed by atoms with van der Waals surface area (Å²) in [5.41, 5.74) is -0.793. The SMILES string of the molecule is O=C(O)c1cc(=O)c2c(F)ccc(Br)c2[nH]1. The van der Waals surface area contributed by atoms with E-state index in [4.69, 9.17) is 5.11 Å². The molecule has 0 spiro atoms. The van der Waals surface area contributed by atoms with Gasteiger partial charge in [0.25, 0.3) is 0 Å². The van der Waals surface area contributed by atoms with E-state index >= 15 is 0 Å². The zero-order chi connectivity index (χ0) is 11.9. The molecule has 0 aliphatic heterocycles. The van der Waals surface area contributed by atoms with Crippen molar-refractivity contribution in [3.05, 3.63) is 44.4 Å². The number of carboxylic acids is 1. The highest BCUT2D eigenvalue weighted by atomic mass is 79.9. The van der Waals surface area contributed by atoms with Crippen LogP contribution in [0.1, 0.15) is 10.5 Å². The molecule has 2 aromatic rings. The molecule has 0 saturated carbocycles. The Kier molecular flexibility index (Phi) is 2.51. The fraction of sp³-hybridized carbons (Fsp3) is 0. The standard InChI is InChI=1S/C10H5BrFNO3/c11-4-1-2-5(12)8-7(14)3-6(10(15)16)13-9(4)8/h1-3H,(H,13,14)(H,15,16). The number of nitrogens with one attached hydrogen (secondary N) is 1. The van der Waals surface area contributed by atoms with Crippen LogP contribution in [0.2, 0.25) is 0 Å². The summed E-state index contributed by atoms with van der Waals surface area (Å²) in [6.07, 6.45) is 0. The number of fused-ring (bicyclic) bond motifs is 1. The van der Waals surface area contributed by atoms with E-state index in [0.717, 1.165) is 12.1 Å². The first kappa shape index (κ1) is 10.8. The molecule has 2 N–H and O–H groups in total. The molecule has 4 nitrogen and oxygen atoms in total. The fourth-order valence-electron chi connectivity index (χ4n) is 1.40. The van der Waals surface area contributed by atoms with E-state index in [9.17, 15) is 14.0 Å². The number of carboxylic acid groups (broad SMARTS) is 1. The van der Waals surface area contributed by atoms with Gasteiger partial charge >= 0.3 is 5.97 Å². The summed E-state index contributed by atoms with van der Waals surface area (Å²) in [7, 11) is 0. The first-order chi connectivity index (χ1) is 7.50. The normalized spacial score (nSPS) is 10.6. The number of aromatic amines is 1. The van der Waals surface area contributed by atoms with Crippen LogP contribution in [0.25, 0.3) is 10.9 Å². The summed E-state index contributed by atoms with van der Waals surface area (Å²) >= 11 is 3.12. The zero-order valence-corrected chi connectivity index (χ0v) is 9.34. The molecule has 1 aromatic heterocycles. The summed E-state index contributed by atoms with van der Waals surface area (Å²) in [4.78, 5) is 24.7. The van der Waals surface area contributed by atoms with E-state index in [1.54, 1.807) is 0 Å². The minimum atomic E-state index is -1.27. The quantitative estimate of drug-likeness (QED) is 0.843. The van der Waals surface area contributed by atoms with Gasteiger partial charge in [0.15, 0.2) is 5.43 Å². The third kappa shape index (κ3) is 1.61. The third-order valence-electron chi connectivity index (χ3n) is 2.12. The van der Waals surface area contributed by atoms with Gasteiger partial charge in [-0.2, -0.15) is 0 Å². The molecule has 0 radical (unpaired) electrons. The maximum absolute atomic E-state index is 13.4. The molecular weight excluding hydrogens is 281 g/mol. The van der Waals surface area contributed by atoms with E-state index in [2.05, 4.69) is 20.9 Å². The molecule has 0 amide bonds. The molecule has 1 aromatic carbocycles. The van der Waals surface area contributed by atoms with Crippen LogP contribution in [-0.2, 0) is 0 Å². The highest BCUT2D eigenvalue weighted by molar-refractivity contribution is 9.10. The molecule has 6 heteroatoms. The average Bonchev–Trinajstić information content (AvgIpc) is 2.22. The molecule has 0 atom stereocenters. The second kappa shape index (κ2) is 3.71. The van der Waals surface area contributed by atoms with Gasteiger partial charge in [0.2, 0.25) is 0 Å². The Labute approximate surface area is 96.8 Å². The van der Waals surface area contributed by atoms with Gasteiger partial charge in [-0.05, 0) is 28.1 Å². The molecule has 82 valence electrons. The van der Waals surface area contributed by atoms with Crippen LogP contribution >= 0.6 is 15.9 Å². The van der Waals surface area contributed by atoms with E-state index in [1.165, 1.54) is 6.07 Å². The van der Waals surface area contributed by atoms with Gasteiger partial charge in [-0.3, -0.25) is 4.79 Å². The Morgan fingerprint density at radius 2 is 2.12 bits per heavy atom. The van der Waals surface area contributed by atoms with Crippen molar-refractivity contribution in [3.63, 3.8) is 0 Å². The van der Waals surface area contributed by atoms with Crippen LogP contribution in [-0.4, -0.2) is 16.1 Å². The van der Waals surface area contributed by atoms with Crippen molar-refractivity contribution in [1.82, 2.24) is 4.98 Å². The smallest absolute Gasteiger partial charge is 0.352 e. The zero-order valence-electron chi connectivity index (χ0n) is 7.75. The fourth-order valence-corrected chi connectivity index (χ4v) is 1.83. The number of H-pyrrole nitrogens is 1. The first-order valence-corrected chi connectivity index (χ1v) is 5.04. The van der Waals surface area contributed by atoms with Crippen molar-refractivity contribution < 1.29 is 14.3 Å². The molecule has 0 aliphatic carbocycles. The second-order valence-corrected chi connectivity index (χ2v) is 3.99. The van der Waals surface area contributed by atoms with Crippen molar-refractivity contribution in [2.75, 3.05) is 0 Å². The van der Waals surface area contributed by atoms with Gasteiger partial charge in [0.05, 0.1) is 10.9 Å². The Hall–Kier alpha value is -1.69. The topological polar surface area (TPSA) is 70.2 Å². The molecule has 0 fully saturated rings. The number of aromatic nitrogens is 1. The molecule has 0 aliphatic rings. The molecule has 2 rings (SSSR count). The number of aromatic carboxylic acids is 1. The molecule has 0 saturated heterocycles. The Balaban J connectivity index is 2.98. The van der Waals surface area contributed by atoms with Crippen molar-refractivity contribution in [1.29, 1.82) is 0 Å². The van der Waals surface area contributed by atoms with Crippen LogP contribution in [0.3, 0.4) is 0 Å². The van der Waals surface area contributed by atoms with Crippen LogP contribution in [0.15, 0.2) is 27.5 Å². The van der Waals surface area contributed by atoms with Crippen molar-refractivity contribution in [2.45, 2.75) is 0 Å². The number of rotatable bonds is 1. The third-order valence-corrected chi connectivity index (χ3v) is 2.78. The number of hydrogen-bond acceptors (Lipinski definition) is 2. The lowest BCUT2D eigenvalue weighted by molar-refractivity contribution is 0.0691. The summed E-state index contributed by atoms with van der Waals surface area (Å²) in [6, 6.07) is 3.40.